The summed E-state index contributed by atoms with van der Waals surface area (Å²) in [5.74, 6) is 1.39. The predicted molar refractivity (Wildman–Crippen MR) is 81.7 cm³/mol. The van der Waals surface area contributed by atoms with Crippen molar-refractivity contribution in [3.8, 4) is 11.5 Å². The number of nitrogens with one attached hydrogen (secondary N) is 1. The van der Waals surface area contributed by atoms with E-state index in [1.54, 1.807) is 6.26 Å². The first-order chi connectivity index (χ1) is 10.3. The number of oxazole rings is 1. The molecule has 0 amide bonds. The van der Waals surface area contributed by atoms with Crippen LogP contribution in [0.2, 0.25) is 0 Å². The second-order valence-corrected chi connectivity index (χ2v) is 5.85. The quantitative estimate of drug-likeness (QED) is 0.821. The predicted octanol–water partition coefficient (Wildman–Crippen LogP) is 2.90. The molecule has 1 aromatic heterocycles. The first-order valence-corrected chi connectivity index (χ1v) is 7.62. The number of hydrogen-bond acceptors (Lipinski definition) is 4. The first kappa shape index (κ1) is 14.3. The van der Waals surface area contributed by atoms with Crippen LogP contribution in [0.1, 0.15) is 30.5 Å². The number of aliphatic hydroxyl groups is 1. The molecule has 4 heteroatoms. The van der Waals surface area contributed by atoms with E-state index in [4.69, 9.17) is 9.52 Å². The summed E-state index contributed by atoms with van der Waals surface area (Å²) in [5.41, 5.74) is 3.14. The summed E-state index contributed by atoms with van der Waals surface area (Å²) in [6.45, 7) is 2.99. The minimum absolute atomic E-state index is 0.238. The standard InChI is InChI=1S/C17H22N2O2/c1-12-2-4-14(5-3-12)17-19-15(11-21-17)10-18-16(8-9-20)13-6-7-13/h2-5,11,13,16,18,20H,6-10H2,1H3. The molecule has 1 aromatic carbocycles. The fourth-order valence-electron chi connectivity index (χ4n) is 2.59. The fraction of sp³-hybridized carbons (Fsp3) is 0.471. The lowest BCUT2D eigenvalue weighted by molar-refractivity contribution is 0.255. The lowest BCUT2D eigenvalue weighted by Crippen LogP contribution is -2.31. The monoisotopic (exact) mass is 286 g/mol. The topological polar surface area (TPSA) is 58.3 Å². The zero-order chi connectivity index (χ0) is 14.7. The number of hydrogen-bond donors (Lipinski definition) is 2. The third-order valence-electron chi connectivity index (χ3n) is 4.03. The first-order valence-electron chi connectivity index (χ1n) is 7.62. The molecule has 1 saturated carbocycles. The zero-order valence-corrected chi connectivity index (χ0v) is 12.4. The molecule has 2 aromatic rings. The average Bonchev–Trinajstić information content (AvgIpc) is 3.23. The highest BCUT2D eigenvalue weighted by Crippen LogP contribution is 2.34. The highest BCUT2D eigenvalue weighted by Gasteiger charge is 2.30. The van der Waals surface area contributed by atoms with Gasteiger partial charge in [-0.15, -0.1) is 0 Å². The van der Waals surface area contributed by atoms with Gasteiger partial charge in [0.1, 0.15) is 6.26 Å². The molecular formula is C17H22N2O2. The maximum absolute atomic E-state index is 9.11. The molecule has 1 fully saturated rings. The summed E-state index contributed by atoms with van der Waals surface area (Å²) in [6.07, 6.45) is 5.06. The van der Waals surface area contributed by atoms with E-state index < -0.39 is 0 Å². The van der Waals surface area contributed by atoms with Crippen molar-refractivity contribution in [3.05, 3.63) is 41.8 Å². The Hall–Kier alpha value is -1.65. The Morgan fingerprint density at radius 1 is 1.33 bits per heavy atom. The van der Waals surface area contributed by atoms with Crippen molar-refractivity contribution in [3.63, 3.8) is 0 Å². The largest absolute Gasteiger partial charge is 0.444 e. The number of aromatic nitrogens is 1. The number of rotatable bonds is 7. The van der Waals surface area contributed by atoms with Crippen LogP contribution in [0.15, 0.2) is 34.9 Å². The summed E-state index contributed by atoms with van der Waals surface area (Å²) in [4.78, 5) is 4.53. The molecule has 0 saturated heterocycles. The van der Waals surface area contributed by atoms with Crippen molar-refractivity contribution in [2.75, 3.05) is 6.61 Å². The van der Waals surface area contributed by atoms with Crippen molar-refractivity contribution in [2.24, 2.45) is 5.92 Å². The molecule has 4 nitrogen and oxygen atoms in total. The highest BCUT2D eigenvalue weighted by atomic mass is 16.3. The Kier molecular flexibility index (Phi) is 4.36. The molecule has 1 heterocycles. The minimum atomic E-state index is 0.238. The minimum Gasteiger partial charge on any atom is -0.444 e. The summed E-state index contributed by atoms with van der Waals surface area (Å²) < 4.78 is 5.56. The fourth-order valence-corrected chi connectivity index (χ4v) is 2.59. The maximum Gasteiger partial charge on any atom is 0.226 e. The van der Waals surface area contributed by atoms with Crippen molar-refractivity contribution >= 4 is 0 Å². The molecule has 1 atom stereocenters. The van der Waals surface area contributed by atoms with Crippen LogP contribution in [0.3, 0.4) is 0 Å². The van der Waals surface area contributed by atoms with E-state index >= 15 is 0 Å². The lowest BCUT2D eigenvalue weighted by atomic mass is 10.1. The van der Waals surface area contributed by atoms with Crippen LogP contribution in [0, 0.1) is 12.8 Å². The van der Waals surface area contributed by atoms with Gasteiger partial charge in [-0.1, -0.05) is 17.7 Å². The van der Waals surface area contributed by atoms with Crippen LogP contribution in [0.25, 0.3) is 11.5 Å². The normalized spacial score (nSPS) is 16.1. The molecular weight excluding hydrogens is 264 g/mol. The zero-order valence-electron chi connectivity index (χ0n) is 12.4. The van der Waals surface area contributed by atoms with E-state index in [0.717, 1.165) is 23.6 Å². The van der Waals surface area contributed by atoms with Gasteiger partial charge < -0.3 is 14.8 Å². The van der Waals surface area contributed by atoms with E-state index in [0.29, 0.717) is 18.5 Å². The van der Waals surface area contributed by atoms with Gasteiger partial charge >= 0.3 is 0 Å². The third kappa shape index (κ3) is 3.71. The molecule has 3 rings (SSSR count). The smallest absolute Gasteiger partial charge is 0.226 e. The Morgan fingerprint density at radius 2 is 2.10 bits per heavy atom. The highest BCUT2D eigenvalue weighted by molar-refractivity contribution is 5.53. The van der Waals surface area contributed by atoms with Gasteiger partial charge in [-0.05, 0) is 44.2 Å². The lowest BCUT2D eigenvalue weighted by Gasteiger charge is -2.15. The molecule has 0 radical (unpaired) electrons. The van der Waals surface area contributed by atoms with Gasteiger partial charge in [-0.25, -0.2) is 4.98 Å². The Labute approximate surface area is 125 Å². The van der Waals surface area contributed by atoms with Crippen molar-refractivity contribution in [1.82, 2.24) is 10.3 Å². The van der Waals surface area contributed by atoms with E-state index in [1.807, 2.05) is 12.1 Å². The van der Waals surface area contributed by atoms with Crippen LogP contribution in [0.4, 0.5) is 0 Å². The van der Waals surface area contributed by atoms with Gasteiger partial charge in [0, 0.05) is 24.8 Å². The molecule has 1 aliphatic rings. The summed E-state index contributed by atoms with van der Waals surface area (Å²) >= 11 is 0. The van der Waals surface area contributed by atoms with Crippen LogP contribution in [0.5, 0.6) is 0 Å². The molecule has 112 valence electrons. The van der Waals surface area contributed by atoms with E-state index in [2.05, 4.69) is 29.4 Å². The molecule has 0 bridgehead atoms. The van der Waals surface area contributed by atoms with E-state index in [-0.39, 0.29) is 6.61 Å². The maximum atomic E-state index is 9.11. The van der Waals surface area contributed by atoms with Crippen molar-refractivity contribution in [1.29, 1.82) is 0 Å². The second kappa shape index (κ2) is 6.41. The molecule has 0 aliphatic heterocycles. The number of aryl methyl sites for hydroxylation is 1. The molecule has 2 N–H and O–H groups in total. The molecule has 0 spiro atoms. The number of benzene rings is 1. The Morgan fingerprint density at radius 3 is 2.76 bits per heavy atom. The summed E-state index contributed by atoms with van der Waals surface area (Å²) in [5, 5.41) is 12.6. The van der Waals surface area contributed by atoms with E-state index in [1.165, 1.54) is 18.4 Å². The van der Waals surface area contributed by atoms with Crippen molar-refractivity contribution in [2.45, 2.75) is 38.8 Å². The van der Waals surface area contributed by atoms with Crippen LogP contribution in [-0.2, 0) is 6.54 Å². The van der Waals surface area contributed by atoms with Gasteiger partial charge in [-0.3, -0.25) is 0 Å². The van der Waals surface area contributed by atoms with Crippen LogP contribution >= 0.6 is 0 Å². The van der Waals surface area contributed by atoms with Gasteiger partial charge in [0.2, 0.25) is 5.89 Å². The van der Waals surface area contributed by atoms with Gasteiger partial charge in [0.05, 0.1) is 5.69 Å². The van der Waals surface area contributed by atoms with Gasteiger partial charge in [0.25, 0.3) is 0 Å². The van der Waals surface area contributed by atoms with Gasteiger partial charge in [-0.2, -0.15) is 0 Å². The molecule has 1 unspecified atom stereocenters. The van der Waals surface area contributed by atoms with E-state index in [9.17, 15) is 0 Å². The second-order valence-electron chi connectivity index (χ2n) is 5.85. The Bertz CT molecular complexity index is 573. The third-order valence-corrected chi connectivity index (χ3v) is 4.03. The van der Waals surface area contributed by atoms with Crippen molar-refractivity contribution < 1.29 is 9.52 Å². The summed E-state index contributed by atoms with van der Waals surface area (Å²) in [6, 6.07) is 8.56. The SMILES string of the molecule is Cc1ccc(-c2nc(CNC(CCO)C3CC3)co2)cc1. The van der Waals surface area contributed by atoms with Crippen LogP contribution in [-0.4, -0.2) is 22.7 Å². The number of nitrogens with zero attached hydrogens (tertiary/aromatic N) is 1. The average molecular weight is 286 g/mol. The molecule has 1 aliphatic carbocycles. The van der Waals surface area contributed by atoms with Crippen LogP contribution < -0.4 is 5.32 Å². The number of aliphatic hydroxyl groups excluding tert-OH is 1. The summed E-state index contributed by atoms with van der Waals surface area (Å²) in [7, 11) is 0. The molecule has 21 heavy (non-hydrogen) atoms. The Balaban J connectivity index is 1.60. The van der Waals surface area contributed by atoms with Gasteiger partial charge in [0.15, 0.2) is 0 Å².